The molecule has 3 unspecified atom stereocenters. The average molecular weight is 306 g/mol. The van der Waals surface area contributed by atoms with Gasteiger partial charge in [0, 0.05) is 17.3 Å². The summed E-state index contributed by atoms with van der Waals surface area (Å²) in [7, 11) is 0. The Kier molecular flexibility index (Phi) is 5.79. The second kappa shape index (κ2) is 7.19. The molecule has 0 aliphatic heterocycles. The normalized spacial score (nSPS) is 24.2. The van der Waals surface area contributed by atoms with Crippen LogP contribution in [-0.4, -0.2) is 17.0 Å². The number of benzene rings is 1. The van der Waals surface area contributed by atoms with Crippen molar-refractivity contribution in [1.82, 2.24) is 5.32 Å². The molecule has 1 aromatic carbocycles. The Morgan fingerprint density at radius 3 is 2.43 bits per heavy atom. The molecule has 21 heavy (non-hydrogen) atoms. The molecule has 118 valence electrons. The summed E-state index contributed by atoms with van der Waals surface area (Å²) in [5.41, 5.74) is 3.07. The van der Waals surface area contributed by atoms with Crippen molar-refractivity contribution in [1.29, 1.82) is 0 Å². The SMILES string of the molecule is CCSC1CCCC1NC(C)c1ccc(C(C)(C)C)cc1. The molecular formula is C19H31NS. The molecule has 0 spiro atoms. The molecule has 0 bridgehead atoms. The Morgan fingerprint density at radius 1 is 1.19 bits per heavy atom. The van der Waals surface area contributed by atoms with Crippen LogP contribution in [0.1, 0.15) is 71.0 Å². The summed E-state index contributed by atoms with van der Waals surface area (Å²) in [5, 5.41) is 4.68. The molecule has 1 nitrogen and oxygen atoms in total. The zero-order valence-corrected chi connectivity index (χ0v) is 15.1. The van der Waals surface area contributed by atoms with Gasteiger partial charge in [0.25, 0.3) is 0 Å². The topological polar surface area (TPSA) is 12.0 Å². The number of rotatable bonds is 5. The van der Waals surface area contributed by atoms with E-state index in [1.165, 1.54) is 36.1 Å². The zero-order chi connectivity index (χ0) is 15.5. The number of hydrogen-bond donors (Lipinski definition) is 1. The van der Waals surface area contributed by atoms with E-state index < -0.39 is 0 Å². The van der Waals surface area contributed by atoms with Crippen LogP contribution < -0.4 is 5.32 Å². The van der Waals surface area contributed by atoms with Crippen LogP contribution in [0.2, 0.25) is 0 Å². The highest BCUT2D eigenvalue weighted by Gasteiger charge is 2.28. The van der Waals surface area contributed by atoms with Gasteiger partial charge in [-0.25, -0.2) is 0 Å². The van der Waals surface area contributed by atoms with E-state index in [-0.39, 0.29) is 5.41 Å². The maximum atomic E-state index is 3.87. The summed E-state index contributed by atoms with van der Waals surface area (Å²) in [4.78, 5) is 0. The molecule has 0 heterocycles. The third kappa shape index (κ3) is 4.50. The quantitative estimate of drug-likeness (QED) is 0.791. The van der Waals surface area contributed by atoms with Crippen LogP contribution in [-0.2, 0) is 5.41 Å². The molecule has 0 aromatic heterocycles. The minimum Gasteiger partial charge on any atom is -0.306 e. The Bertz CT molecular complexity index is 432. The Balaban J connectivity index is 1.98. The van der Waals surface area contributed by atoms with Crippen molar-refractivity contribution in [2.45, 2.75) is 76.6 Å². The summed E-state index contributed by atoms with van der Waals surface area (Å²) in [5.74, 6) is 1.23. The molecule has 0 amide bonds. The predicted octanol–water partition coefficient (Wildman–Crippen LogP) is 5.31. The van der Waals surface area contributed by atoms with Gasteiger partial charge < -0.3 is 5.32 Å². The lowest BCUT2D eigenvalue weighted by atomic mass is 9.86. The average Bonchev–Trinajstić information content (AvgIpc) is 2.86. The van der Waals surface area contributed by atoms with Crippen molar-refractivity contribution >= 4 is 11.8 Å². The summed E-state index contributed by atoms with van der Waals surface area (Å²) < 4.78 is 0. The van der Waals surface area contributed by atoms with E-state index in [2.05, 4.69) is 76.0 Å². The molecule has 1 N–H and O–H groups in total. The fourth-order valence-corrected chi connectivity index (χ4v) is 4.43. The van der Waals surface area contributed by atoms with Crippen LogP contribution in [0.3, 0.4) is 0 Å². The Morgan fingerprint density at radius 2 is 1.86 bits per heavy atom. The Labute approximate surface area is 135 Å². The molecule has 1 aromatic rings. The van der Waals surface area contributed by atoms with Gasteiger partial charge in [-0.15, -0.1) is 0 Å². The minimum atomic E-state index is 0.240. The first-order valence-corrected chi connectivity index (χ1v) is 9.44. The fraction of sp³-hybridized carbons (Fsp3) is 0.684. The third-order valence-electron chi connectivity index (χ3n) is 4.57. The number of hydrogen-bond acceptors (Lipinski definition) is 2. The molecule has 1 aliphatic rings. The van der Waals surface area contributed by atoms with Crippen LogP contribution in [0.4, 0.5) is 0 Å². The van der Waals surface area contributed by atoms with Gasteiger partial charge in [0.1, 0.15) is 0 Å². The smallest absolute Gasteiger partial charge is 0.0294 e. The first-order valence-electron chi connectivity index (χ1n) is 8.40. The highest BCUT2D eigenvalue weighted by Crippen LogP contribution is 2.32. The van der Waals surface area contributed by atoms with Crippen molar-refractivity contribution < 1.29 is 0 Å². The molecule has 3 atom stereocenters. The van der Waals surface area contributed by atoms with Crippen molar-refractivity contribution in [2.24, 2.45) is 0 Å². The van der Waals surface area contributed by atoms with Gasteiger partial charge in [0.2, 0.25) is 0 Å². The van der Waals surface area contributed by atoms with Crippen molar-refractivity contribution in [3.63, 3.8) is 0 Å². The zero-order valence-electron chi connectivity index (χ0n) is 14.3. The number of thioether (sulfide) groups is 1. The van der Waals surface area contributed by atoms with Crippen molar-refractivity contribution in [2.75, 3.05) is 5.75 Å². The molecule has 0 saturated heterocycles. The van der Waals surface area contributed by atoms with E-state index in [1.807, 2.05) is 0 Å². The summed E-state index contributed by atoms with van der Waals surface area (Å²) in [6, 6.07) is 10.3. The summed E-state index contributed by atoms with van der Waals surface area (Å²) >= 11 is 2.13. The first kappa shape index (κ1) is 16.9. The lowest BCUT2D eigenvalue weighted by Crippen LogP contribution is -2.36. The van der Waals surface area contributed by atoms with Crippen LogP contribution >= 0.6 is 11.8 Å². The second-order valence-electron chi connectivity index (χ2n) is 7.29. The molecule has 1 aliphatic carbocycles. The molecule has 1 saturated carbocycles. The Hall–Kier alpha value is -0.470. The van der Waals surface area contributed by atoms with Crippen molar-refractivity contribution in [3.8, 4) is 0 Å². The van der Waals surface area contributed by atoms with Crippen molar-refractivity contribution in [3.05, 3.63) is 35.4 Å². The highest BCUT2D eigenvalue weighted by atomic mass is 32.2. The van der Waals surface area contributed by atoms with Crippen LogP contribution in [0, 0.1) is 0 Å². The van der Waals surface area contributed by atoms with Gasteiger partial charge in [0.05, 0.1) is 0 Å². The molecule has 2 heteroatoms. The third-order valence-corrected chi connectivity index (χ3v) is 5.90. The largest absolute Gasteiger partial charge is 0.306 e. The van der Waals surface area contributed by atoms with Gasteiger partial charge in [-0.3, -0.25) is 0 Å². The molecule has 2 rings (SSSR count). The van der Waals surface area contributed by atoms with E-state index in [4.69, 9.17) is 0 Å². The first-order chi connectivity index (χ1) is 9.91. The predicted molar refractivity (Wildman–Crippen MR) is 96.3 cm³/mol. The van der Waals surface area contributed by atoms with Gasteiger partial charge >= 0.3 is 0 Å². The second-order valence-corrected chi connectivity index (χ2v) is 8.81. The number of nitrogens with one attached hydrogen (secondary N) is 1. The van der Waals surface area contributed by atoms with Gasteiger partial charge in [-0.2, -0.15) is 11.8 Å². The maximum Gasteiger partial charge on any atom is 0.0294 e. The van der Waals surface area contributed by atoms with Gasteiger partial charge in [0.15, 0.2) is 0 Å². The van der Waals surface area contributed by atoms with E-state index in [0.717, 1.165) is 5.25 Å². The van der Waals surface area contributed by atoms with Gasteiger partial charge in [-0.1, -0.05) is 58.4 Å². The van der Waals surface area contributed by atoms with Crippen LogP contribution in [0.15, 0.2) is 24.3 Å². The summed E-state index contributed by atoms with van der Waals surface area (Å²) in [6.45, 7) is 11.4. The van der Waals surface area contributed by atoms with E-state index in [0.29, 0.717) is 12.1 Å². The van der Waals surface area contributed by atoms with Crippen LogP contribution in [0.5, 0.6) is 0 Å². The fourth-order valence-electron chi connectivity index (χ4n) is 3.22. The van der Waals surface area contributed by atoms with Crippen LogP contribution in [0.25, 0.3) is 0 Å². The highest BCUT2D eigenvalue weighted by molar-refractivity contribution is 7.99. The van der Waals surface area contributed by atoms with Gasteiger partial charge in [-0.05, 0) is 42.1 Å². The molecule has 1 fully saturated rings. The lowest BCUT2D eigenvalue weighted by molar-refractivity contribution is 0.467. The molecule has 0 radical (unpaired) electrons. The summed E-state index contributed by atoms with van der Waals surface area (Å²) in [6.07, 6.45) is 4.10. The monoisotopic (exact) mass is 305 g/mol. The minimum absolute atomic E-state index is 0.240. The molecular weight excluding hydrogens is 274 g/mol. The lowest BCUT2D eigenvalue weighted by Gasteiger charge is -2.26. The van der Waals surface area contributed by atoms with E-state index in [1.54, 1.807) is 0 Å². The van der Waals surface area contributed by atoms with E-state index >= 15 is 0 Å². The standard InChI is InChI=1S/C19H31NS/c1-6-21-18-9-7-8-17(18)20-14(2)15-10-12-16(13-11-15)19(3,4)5/h10-14,17-18,20H,6-9H2,1-5H3. The van der Waals surface area contributed by atoms with E-state index in [9.17, 15) is 0 Å². The maximum absolute atomic E-state index is 3.87.